The third-order valence-electron chi connectivity index (χ3n) is 4.09. The molecule has 130 valence electrons. The van der Waals surface area contributed by atoms with Crippen LogP contribution in [-0.2, 0) is 19.6 Å². The number of hydrogen-bond acceptors (Lipinski definition) is 4. The smallest absolute Gasteiger partial charge is 0.244 e. The van der Waals surface area contributed by atoms with Gasteiger partial charge in [0.05, 0.1) is 11.9 Å². The van der Waals surface area contributed by atoms with Crippen molar-refractivity contribution in [2.45, 2.75) is 26.2 Å². The maximum absolute atomic E-state index is 12.7. The van der Waals surface area contributed by atoms with Crippen molar-refractivity contribution in [2.75, 3.05) is 22.5 Å². The standard InChI is InChI=1S/C17H22N2O4S/c1-13(20)18(2)15-9-11-16(12-10-15)19(24(3,22)23)17(21)14-7-5-4-6-8-14/h4-5,9-12,14H,6-8H2,1-3H3. The summed E-state index contributed by atoms with van der Waals surface area (Å²) in [5, 5.41) is 0. The molecule has 0 aromatic heterocycles. The van der Waals surface area contributed by atoms with E-state index in [9.17, 15) is 18.0 Å². The van der Waals surface area contributed by atoms with E-state index in [0.29, 0.717) is 18.5 Å². The normalized spacial score (nSPS) is 17.4. The van der Waals surface area contributed by atoms with Gasteiger partial charge in [-0.15, -0.1) is 0 Å². The molecule has 24 heavy (non-hydrogen) atoms. The zero-order chi connectivity index (χ0) is 17.9. The molecule has 1 aromatic carbocycles. The quantitative estimate of drug-likeness (QED) is 0.781. The Morgan fingerprint density at radius 1 is 1.08 bits per heavy atom. The Labute approximate surface area is 142 Å². The predicted molar refractivity (Wildman–Crippen MR) is 94.3 cm³/mol. The number of benzene rings is 1. The highest BCUT2D eigenvalue weighted by Crippen LogP contribution is 2.27. The van der Waals surface area contributed by atoms with Crippen molar-refractivity contribution in [3.05, 3.63) is 36.4 Å². The van der Waals surface area contributed by atoms with Gasteiger partial charge in [0, 0.05) is 25.6 Å². The highest BCUT2D eigenvalue weighted by atomic mass is 32.2. The van der Waals surface area contributed by atoms with Crippen LogP contribution in [0.5, 0.6) is 0 Å². The summed E-state index contributed by atoms with van der Waals surface area (Å²) in [4.78, 5) is 25.6. The van der Waals surface area contributed by atoms with Gasteiger partial charge in [0.25, 0.3) is 0 Å². The number of amides is 2. The second kappa shape index (κ2) is 7.17. The fourth-order valence-corrected chi connectivity index (χ4v) is 3.64. The molecule has 1 aromatic rings. The first kappa shape index (κ1) is 18.2. The number of anilines is 2. The van der Waals surface area contributed by atoms with Gasteiger partial charge in [-0.2, -0.15) is 0 Å². The number of sulfonamides is 1. The highest BCUT2D eigenvalue weighted by molar-refractivity contribution is 7.92. The maximum Gasteiger partial charge on any atom is 0.244 e. The van der Waals surface area contributed by atoms with E-state index in [0.717, 1.165) is 17.0 Å². The number of hydrogen-bond donors (Lipinski definition) is 0. The number of nitrogens with zero attached hydrogens (tertiary/aromatic N) is 2. The van der Waals surface area contributed by atoms with E-state index in [2.05, 4.69) is 0 Å². The average Bonchev–Trinajstić information content (AvgIpc) is 2.54. The number of allylic oxidation sites excluding steroid dienone is 2. The third-order valence-corrected chi connectivity index (χ3v) is 5.15. The van der Waals surface area contributed by atoms with Gasteiger partial charge in [-0.1, -0.05) is 12.2 Å². The molecule has 1 unspecified atom stereocenters. The van der Waals surface area contributed by atoms with Crippen LogP contribution in [-0.4, -0.2) is 33.5 Å². The van der Waals surface area contributed by atoms with E-state index in [-0.39, 0.29) is 17.5 Å². The van der Waals surface area contributed by atoms with Crippen LogP contribution >= 0.6 is 0 Å². The molecule has 2 amide bonds. The summed E-state index contributed by atoms with van der Waals surface area (Å²) in [5.41, 5.74) is 0.922. The van der Waals surface area contributed by atoms with E-state index < -0.39 is 15.9 Å². The Morgan fingerprint density at radius 2 is 1.67 bits per heavy atom. The summed E-state index contributed by atoms with van der Waals surface area (Å²) in [6, 6.07) is 6.35. The molecule has 0 fully saturated rings. The molecular weight excluding hydrogens is 328 g/mol. The van der Waals surface area contributed by atoms with Crippen LogP contribution < -0.4 is 9.21 Å². The summed E-state index contributed by atoms with van der Waals surface area (Å²) in [6.07, 6.45) is 6.91. The molecule has 0 spiro atoms. The van der Waals surface area contributed by atoms with Crippen molar-refractivity contribution < 1.29 is 18.0 Å². The zero-order valence-corrected chi connectivity index (χ0v) is 14.9. The van der Waals surface area contributed by atoms with Gasteiger partial charge in [-0.25, -0.2) is 12.7 Å². The fraction of sp³-hybridized carbons (Fsp3) is 0.412. The number of rotatable bonds is 4. The first-order valence-electron chi connectivity index (χ1n) is 7.75. The van der Waals surface area contributed by atoms with E-state index in [4.69, 9.17) is 0 Å². The number of carbonyl (C=O) groups is 2. The van der Waals surface area contributed by atoms with E-state index >= 15 is 0 Å². The molecule has 2 rings (SSSR count). The topological polar surface area (TPSA) is 74.8 Å². The van der Waals surface area contributed by atoms with Gasteiger partial charge in [0.2, 0.25) is 21.8 Å². The Kier molecular flexibility index (Phi) is 5.43. The van der Waals surface area contributed by atoms with Crippen LogP contribution in [0, 0.1) is 5.92 Å². The Morgan fingerprint density at radius 3 is 2.12 bits per heavy atom. The first-order valence-corrected chi connectivity index (χ1v) is 9.60. The van der Waals surface area contributed by atoms with Gasteiger partial charge in [0.15, 0.2) is 0 Å². The van der Waals surface area contributed by atoms with Crippen LogP contribution in [0.4, 0.5) is 11.4 Å². The molecule has 0 bridgehead atoms. The van der Waals surface area contributed by atoms with Crippen molar-refractivity contribution in [1.29, 1.82) is 0 Å². The highest BCUT2D eigenvalue weighted by Gasteiger charge is 2.31. The second-order valence-electron chi connectivity index (χ2n) is 5.94. The van der Waals surface area contributed by atoms with Gasteiger partial charge < -0.3 is 4.90 Å². The van der Waals surface area contributed by atoms with Crippen molar-refractivity contribution >= 4 is 33.2 Å². The minimum atomic E-state index is -3.74. The summed E-state index contributed by atoms with van der Waals surface area (Å²) < 4.78 is 25.2. The van der Waals surface area contributed by atoms with Crippen molar-refractivity contribution in [3.8, 4) is 0 Å². The molecule has 0 aliphatic heterocycles. The molecule has 6 nitrogen and oxygen atoms in total. The second-order valence-corrected chi connectivity index (χ2v) is 7.77. The van der Waals surface area contributed by atoms with E-state index in [1.807, 2.05) is 12.2 Å². The van der Waals surface area contributed by atoms with Crippen LogP contribution in [0.2, 0.25) is 0 Å². The molecule has 0 heterocycles. The lowest BCUT2D eigenvalue weighted by atomic mass is 9.93. The Balaban J connectivity index is 2.33. The lowest BCUT2D eigenvalue weighted by Gasteiger charge is -2.26. The van der Waals surface area contributed by atoms with Gasteiger partial charge in [0.1, 0.15) is 0 Å². The van der Waals surface area contributed by atoms with Crippen molar-refractivity contribution in [3.63, 3.8) is 0 Å². The van der Waals surface area contributed by atoms with Crippen LogP contribution in [0.25, 0.3) is 0 Å². The molecule has 0 radical (unpaired) electrons. The van der Waals surface area contributed by atoms with Gasteiger partial charge >= 0.3 is 0 Å². The summed E-state index contributed by atoms with van der Waals surface area (Å²) in [7, 11) is -2.11. The molecule has 1 aliphatic rings. The molecule has 7 heteroatoms. The van der Waals surface area contributed by atoms with Crippen LogP contribution in [0.3, 0.4) is 0 Å². The minimum Gasteiger partial charge on any atom is -0.316 e. The van der Waals surface area contributed by atoms with Crippen molar-refractivity contribution in [2.24, 2.45) is 5.92 Å². The number of carbonyl (C=O) groups excluding carboxylic acids is 2. The Bertz CT molecular complexity index is 753. The third kappa shape index (κ3) is 4.03. The molecule has 0 saturated carbocycles. The summed E-state index contributed by atoms with van der Waals surface area (Å²) >= 11 is 0. The van der Waals surface area contributed by atoms with E-state index in [1.165, 1.54) is 11.8 Å². The average molecular weight is 350 g/mol. The zero-order valence-electron chi connectivity index (χ0n) is 14.1. The SMILES string of the molecule is CC(=O)N(C)c1ccc(N(C(=O)C2CC=CCC2)S(C)(=O)=O)cc1. The predicted octanol–water partition coefficient (Wildman–Crippen LogP) is 2.32. The maximum atomic E-state index is 12.7. The molecule has 0 saturated heterocycles. The molecule has 1 aliphatic carbocycles. The molecule has 0 N–H and O–H groups in total. The molecule has 1 atom stereocenters. The van der Waals surface area contributed by atoms with Crippen LogP contribution in [0.1, 0.15) is 26.2 Å². The monoisotopic (exact) mass is 350 g/mol. The van der Waals surface area contributed by atoms with E-state index in [1.54, 1.807) is 31.3 Å². The van der Waals surface area contributed by atoms with Gasteiger partial charge in [-0.3, -0.25) is 9.59 Å². The Hall–Kier alpha value is -2.15. The minimum absolute atomic E-state index is 0.132. The summed E-state index contributed by atoms with van der Waals surface area (Å²) in [5.74, 6) is -0.869. The van der Waals surface area contributed by atoms with Crippen LogP contribution in [0.15, 0.2) is 36.4 Å². The summed E-state index contributed by atoms with van der Waals surface area (Å²) in [6.45, 7) is 1.44. The van der Waals surface area contributed by atoms with Crippen molar-refractivity contribution in [1.82, 2.24) is 0 Å². The lowest BCUT2D eigenvalue weighted by molar-refractivity contribution is -0.121. The molecular formula is C17H22N2O4S. The fourth-order valence-electron chi connectivity index (χ4n) is 2.66. The lowest BCUT2D eigenvalue weighted by Crippen LogP contribution is -2.40. The van der Waals surface area contributed by atoms with Gasteiger partial charge in [-0.05, 0) is 43.5 Å². The largest absolute Gasteiger partial charge is 0.316 e. The first-order chi connectivity index (χ1) is 11.2.